The highest BCUT2D eigenvalue weighted by Crippen LogP contribution is 2.44. The number of carbonyl (C=O) groups is 1. The Labute approximate surface area is 201 Å². The van der Waals surface area contributed by atoms with E-state index in [0.29, 0.717) is 21.7 Å². The number of allylic oxidation sites excluding steroid dienone is 1. The number of hydrogen-bond acceptors (Lipinski definition) is 4. The van der Waals surface area contributed by atoms with Gasteiger partial charge in [0.15, 0.2) is 6.04 Å². The zero-order valence-electron chi connectivity index (χ0n) is 18.7. The molecule has 5 nitrogen and oxygen atoms in total. The van der Waals surface area contributed by atoms with Gasteiger partial charge in [0, 0.05) is 11.3 Å². The molecule has 2 N–H and O–H groups in total. The first kappa shape index (κ1) is 21.9. The van der Waals surface area contributed by atoms with Crippen molar-refractivity contribution in [3.05, 3.63) is 108 Å². The average Bonchev–Trinajstić information content (AvgIpc) is 3.20. The number of aromatic nitrogens is 1. The number of rotatable bonds is 4. The van der Waals surface area contributed by atoms with Gasteiger partial charge in [-0.15, -0.1) is 0 Å². The summed E-state index contributed by atoms with van der Waals surface area (Å²) >= 11 is 1.45. The van der Waals surface area contributed by atoms with E-state index >= 15 is 0 Å². The molecule has 0 aliphatic carbocycles. The lowest BCUT2D eigenvalue weighted by Gasteiger charge is -2.28. The molecule has 1 amide bonds. The van der Waals surface area contributed by atoms with Crippen molar-refractivity contribution < 1.29 is 18.9 Å². The van der Waals surface area contributed by atoms with Gasteiger partial charge >= 0.3 is 11.0 Å². The minimum Gasteiger partial charge on any atom is -0.477 e. The number of fused-ring (bicyclic) bond motifs is 1. The molecule has 0 radical (unpaired) electrons. The number of halogens is 1. The Morgan fingerprint density at radius 1 is 1.00 bits per heavy atom. The SMILES string of the molecule is CC1=C(C(=O)Nc2ccccc2)C(c2ccc(F)cc2)[n+]2c(sc(-c3ccccc3)c2O)N1C. The minimum absolute atomic E-state index is 0.0601. The predicted molar refractivity (Wildman–Crippen MR) is 132 cm³/mol. The number of nitrogens with zero attached hydrogens (tertiary/aromatic N) is 2. The smallest absolute Gasteiger partial charge is 0.345 e. The summed E-state index contributed by atoms with van der Waals surface area (Å²) in [7, 11) is 1.88. The van der Waals surface area contributed by atoms with Crippen LogP contribution in [0.3, 0.4) is 0 Å². The van der Waals surface area contributed by atoms with Crippen molar-refractivity contribution in [2.24, 2.45) is 0 Å². The van der Waals surface area contributed by atoms with Crippen molar-refractivity contribution in [1.29, 1.82) is 0 Å². The first-order chi connectivity index (χ1) is 16.5. The molecule has 170 valence electrons. The maximum Gasteiger partial charge on any atom is 0.345 e. The van der Waals surface area contributed by atoms with Gasteiger partial charge < -0.3 is 10.4 Å². The van der Waals surface area contributed by atoms with Crippen LogP contribution in [0.1, 0.15) is 18.5 Å². The Morgan fingerprint density at radius 2 is 1.62 bits per heavy atom. The van der Waals surface area contributed by atoms with E-state index < -0.39 is 6.04 Å². The van der Waals surface area contributed by atoms with Gasteiger partial charge in [0.2, 0.25) is 0 Å². The summed E-state index contributed by atoms with van der Waals surface area (Å²) in [6.45, 7) is 1.89. The van der Waals surface area contributed by atoms with Crippen LogP contribution in [-0.4, -0.2) is 18.1 Å². The highest BCUT2D eigenvalue weighted by Gasteiger charge is 2.45. The number of amides is 1. The molecule has 1 aliphatic heterocycles. The number of carbonyl (C=O) groups excluding carboxylic acids is 1. The highest BCUT2D eigenvalue weighted by molar-refractivity contribution is 7.18. The zero-order valence-corrected chi connectivity index (χ0v) is 19.5. The number of anilines is 2. The molecule has 0 saturated carbocycles. The Balaban J connectivity index is 1.69. The molecule has 3 aromatic carbocycles. The van der Waals surface area contributed by atoms with Crippen molar-refractivity contribution in [2.45, 2.75) is 13.0 Å². The second-order valence-corrected chi connectivity index (χ2v) is 9.08. The number of thiazole rings is 1. The van der Waals surface area contributed by atoms with Gasteiger partial charge in [-0.1, -0.05) is 60.7 Å². The fraction of sp³-hybridized carbons (Fsp3) is 0.111. The molecule has 4 aromatic rings. The zero-order chi connectivity index (χ0) is 23.8. The topological polar surface area (TPSA) is 56.5 Å². The molecule has 1 unspecified atom stereocenters. The first-order valence-electron chi connectivity index (χ1n) is 10.8. The van der Waals surface area contributed by atoms with E-state index in [1.807, 2.05) is 79.5 Å². The van der Waals surface area contributed by atoms with Gasteiger partial charge in [0.1, 0.15) is 22.0 Å². The normalized spacial score (nSPS) is 15.3. The molecule has 0 saturated heterocycles. The second kappa shape index (κ2) is 8.76. The Kier molecular flexibility index (Phi) is 5.63. The van der Waals surface area contributed by atoms with Gasteiger partial charge in [-0.25, -0.2) is 9.29 Å². The van der Waals surface area contributed by atoms with Gasteiger partial charge in [-0.05, 0) is 48.1 Å². The van der Waals surface area contributed by atoms with Gasteiger partial charge in [0.05, 0.1) is 7.05 Å². The highest BCUT2D eigenvalue weighted by atomic mass is 32.1. The van der Waals surface area contributed by atoms with Crippen molar-refractivity contribution in [3.8, 4) is 16.3 Å². The van der Waals surface area contributed by atoms with Crippen molar-refractivity contribution >= 4 is 28.1 Å². The third-order valence-corrected chi connectivity index (χ3v) is 7.32. The largest absolute Gasteiger partial charge is 0.477 e. The third kappa shape index (κ3) is 3.74. The summed E-state index contributed by atoms with van der Waals surface area (Å²) in [5, 5.41) is 15.2. The van der Waals surface area contributed by atoms with Crippen molar-refractivity contribution in [1.82, 2.24) is 0 Å². The standard InChI is InChI=1S/C27H22FN3O2S/c1-17-22(25(32)29-21-11-7-4-8-12-21)23(18-13-15-20(28)16-14-18)31-26(33)24(34-27(31)30(17)2)19-9-5-3-6-10-19/h3-16,23H,1-2H3,(H-,29,32,33)/p+1. The van der Waals surface area contributed by atoms with Gasteiger partial charge in [0.25, 0.3) is 5.91 Å². The third-order valence-electron chi connectivity index (χ3n) is 6.04. The summed E-state index contributed by atoms with van der Waals surface area (Å²) in [4.78, 5) is 16.2. The van der Waals surface area contributed by atoms with Gasteiger partial charge in [-0.3, -0.25) is 4.79 Å². The van der Waals surface area contributed by atoms with Crippen molar-refractivity contribution in [3.63, 3.8) is 0 Å². The predicted octanol–water partition coefficient (Wildman–Crippen LogP) is 5.50. The summed E-state index contributed by atoms with van der Waals surface area (Å²) in [6.07, 6.45) is 0. The summed E-state index contributed by atoms with van der Waals surface area (Å²) in [5.41, 5.74) is 3.48. The lowest BCUT2D eigenvalue weighted by Crippen LogP contribution is -2.50. The molecule has 0 fully saturated rings. The van der Waals surface area contributed by atoms with Crippen LogP contribution in [0.15, 0.2) is 96.2 Å². The van der Waals surface area contributed by atoms with Crippen LogP contribution in [0.25, 0.3) is 10.4 Å². The molecule has 1 aliphatic rings. The Morgan fingerprint density at radius 3 is 2.26 bits per heavy atom. The van der Waals surface area contributed by atoms with E-state index in [4.69, 9.17) is 0 Å². The molecule has 2 heterocycles. The number of para-hydroxylation sites is 1. The average molecular weight is 473 g/mol. The van der Waals surface area contributed by atoms with E-state index in [0.717, 1.165) is 16.4 Å². The fourth-order valence-electron chi connectivity index (χ4n) is 4.25. The minimum atomic E-state index is -0.635. The first-order valence-corrected chi connectivity index (χ1v) is 11.7. The second-order valence-electron chi connectivity index (χ2n) is 8.11. The van der Waals surface area contributed by atoms with Crippen molar-refractivity contribution in [2.75, 3.05) is 17.3 Å². The molecule has 5 rings (SSSR count). The van der Waals surface area contributed by atoms with E-state index in [2.05, 4.69) is 5.32 Å². The molecule has 34 heavy (non-hydrogen) atoms. The fourth-order valence-corrected chi connectivity index (χ4v) is 5.44. The molecular formula is C27H23FN3O2S+. The lowest BCUT2D eigenvalue weighted by atomic mass is 9.94. The molecule has 1 aromatic heterocycles. The molecule has 1 atom stereocenters. The number of hydrogen-bond donors (Lipinski definition) is 2. The van der Waals surface area contributed by atoms with E-state index in [1.54, 1.807) is 16.7 Å². The molecule has 0 spiro atoms. The van der Waals surface area contributed by atoms with Crippen LogP contribution < -0.4 is 14.8 Å². The molecular weight excluding hydrogens is 449 g/mol. The number of nitrogens with one attached hydrogen (secondary N) is 1. The lowest BCUT2D eigenvalue weighted by molar-refractivity contribution is -0.695. The maximum absolute atomic E-state index is 13.8. The number of aromatic hydroxyl groups is 1. The summed E-state index contributed by atoms with van der Waals surface area (Å²) in [6, 6.07) is 24.3. The monoisotopic (exact) mass is 472 g/mol. The van der Waals surface area contributed by atoms with Crippen LogP contribution in [0, 0.1) is 5.82 Å². The van der Waals surface area contributed by atoms with E-state index in [1.165, 1.54) is 23.5 Å². The molecule has 7 heteroatoms. The van der Waals surface area contributed by atoms with E-state index in [9.17, 15) is 14.3 Å². The van der Waals surface area contributed by atoms with Gasteiger partial charge in [-0.2, -0.15) is 4.57 Å². The van der Waals surface area contributed by atoms with E-state index in [-0.39, 0.29) is 17.6 Å². The number of benzene rings is 3. The molecule has 0 bridgehead atoms. The quantitative estimate of drug-likeness (QED) is 0.386. The van der Waals surface area contributed by atoms with Crippen LogP contribution >= 0.6 is 11.3 Å². The van der Waals surface area contributed by atoms with Crippen LogP contribution in [0.4, 0.5) is 15.2 Å². The van der Waals surface area contributed by atoms with Crippen LogP contribution in [0.5, 0.6) is 5.88 Å². The Bertz CT molecular complexity index is 1380. The van der Waals surface area contributed by atoms with Crippen LogP contribution in [-0.2, 0) is 4.79 Å². The summed E-state index contributed by atoms with van der Waals surface area (Å²) in [5.74, 6) is -0.586. The van der Waals surface area contributed by atoms with Crippen LogP contribution in [0.2, 0.25) is 0 Å². The maximum atomic E-state index is 13.8. The summed E-state index contributed by atoms with van der Waals surface area (Å²) < 4.78 is 15.5. The Hall–Kier alpha value is -3.97.